The lowest BCUT2D eigenvalue weighted by Crippen LogP contribution is -2.37. The van der Waals surface area contributed by atoms with Crippen LogP contribution in [0.15, 0.2) is 36.4 Å². The van der Waals surface area contributed by atoms with Crippen molar-refractivity contribution < 1.29 is 14.3 Å². The van der Waals surface area contributed by atoms with Crippen LogP contribution in [0.3, 0.4) is 0 Å². The van der Waals surface area contributed by atoms with E-state index >= 15 is 0 Å². The molecule has 4 rings (SSSR count). The van der Waals surface area contributed by atoms with Crippen LogP contribution in [0.25, 0.3) is 0 Å². The lowest BCUT2D eigenvalue weighted by molar-refractivity contribution is 0.0251. The number of hydrogen-bond acceptors (Lipinski definition) is 9. The number of carbonyl (C=O) groups excluding carboxylic acids is 1. The minimum atomic E-state index is -0.422. The molecule has 10 heteroatoms. The van der Waals surface area contributed by atoms with E-state index in [1.165, 1.54) is 16.9 Å². The van der Waals surface area contributed by atoms with Gasteiger partial charge in [0.1, 0.15) is 5.00 Å². The average molecular weight is 502 g/mol. The molecule has 0 atom stereocenters. The first-order valence-electron chi connectivity index (χ1n) is 11.3. The molecule has 0 N–H and O–H groups in total. The molecule has 0 saturated carbocycles. The third-order valence-electron chi connectivity index (χ3n) is 5.67. The molecule has 1 fully saturated rings. The Balaban J connectivity index is 1.48. The third kappa shape index (κ3) is 5.65. The molecule has 0 radical (unpaired) electrons. The molecule has 0 spiro atoms. The van der Waals surface area contributed by atoms with Crippen molar-refractivity contribution in [2.45, 2.75) is 39.4 Å². The zero-order valence-corrected chi connectivity index (χ0v) is 21.1. The minimum Gasteiger partial charge on any atom is -0.461 e. The first kappa shape index (κ1) is 24.4. The van der Waals surface area contributed by atoms with Crippen LogP contribution in [0.2, 0.25) is 5.15 Å². The van der Waals surface area contributed by atoms with Crippen LogP contribution in [0.1, 0.15) is 41.4 Å². The molecule has 0 amide bonds. The molecular formula is C24H28ClN5O3S. The highest BCUT2D eigenvalue weighted by Gasteiger charge is 2.29. The molecule has 0 unspecified atom stereocenters. The topological polar surface area (TPSA) is 80.7 Å². The fourth-order valence-corrected chi connectivity index (χ4v) is 4.89. The Morgan fingerprint density at radius 2 is 1.97 bits per heavy atom. The molecule has 1 aliphatic heterocycles. The Morgan fingerprint density at radius 3 is 2.65 bits per heavy atom. The van der Waals surface area contributed by atoms with Crippen molar-refractivity contribution >= 4 is 44.9 Å². The number of hydrogen-bond donors (Lipinski definition) is 0. The second-order valence-electron chi connectivity index (χ2n) is 8.09. The molecule has 8 nitrogen and oxygen atoms in total. The second-order valence-corrected chi connectivity index (χ2v) is 9.40. The van der Waals surface area contributed by atoms with E-state index in [1.807, 2.05) is 43.1 Å². The standard InChI is InChI=1S/C24H28ClN5O3S/c1-4-32-23(31)20-22(34-24(26-20)29(3)19-14-16(2)21(25)28-27-19)30-12-10-18(11-13-30)33-15-17-8-6-5-7-9-17/h5-9,14,18H,4,10-13,15H2,1-3H3. The van der Waals surface area contributed by atoms with Gasteiger partial charge in [-0.3, -0.25) is 0 Å². The highest BCUT2D eigenvalue weighted by molar-refractivity contribution is 7.20. The summed E-state index contributed by atoms with van der Waals surface area (Å²) in [5, 5.41) is 9.96. The minimum absolute atomic E-state index is 0.185. The van der Waals surface area contributed by atoms with Crippen LogP contribution in [-0.4, -0.2) is 54.0 Å². The van der Waals surface area contributed by atoms with Gasteiger partial charge in [0.2, 0.25) is 0 Å². The molecule has 180 valence electrons. The van der Waals surface area contributed by atoms with E-state index in [-0.39, 0.29) is 12.7 Å². The predicted molar refractivity (Wildman–Crippen MR) is 134 cm³/mol. The average Bonchev–Trinajstić information content (AvgIpc) is 3.31. The van der Waals surface area contributed by atoms with E-state index in [0.717, 1.165) is 36.5 Å². The van der Waals surface area contributed by atoms with E-state index in [1.54, 1.807) is 6.92 Å². The van der Waals surface area contributed by atoms with Crippen LogP contribution in [-0.2, 0) is 16.1 Å². The number of aromatic nitrogens is 3. The summed E-state index contributed by atoms with van der Waals surface area (Å²) in [7, 11) is 1.85. The van der Waals surface area contributed by atoms with Crippen LogP contribution < -0.4 is 9.80 Å². The van der Waals surface area contributed by atoms with E-state index in [9.17, 15) is 4.79 Å². The number of ether oxygens (including phenoxy) is 2. The Bertz CT molecular complexity index is 1120. The van der Waals surface area contributed by atoms with Gasteiger partial charge in [0.15, 0.2) is 21.8 Å². The number of halogens is 1. The molecular weight excluding hydrogens is 474 g/mol. The largest absolute Gasteiger partial charge is 0.461 e. The maximum atomic E-state index is 12.7. The van der Waals surface area contributed by atoms with Crippen LogP contribution in [0.5, 0.6) is 0 Å². The van der Waals surface area contributed by atoms with Crippen molar-refractivity contribution in [1.82, 2.24) is 15.2 Å². The van der Waals surface area contributed by atoms with Crippen molar-refractivity contribution in [2.24, 2.45) is 0 Å². The monoisotopic (exact) mass is 501 g/mol. The van der Waals surface area contributed by atoms with Crippen molar-refractivity contribution in [1.29, 1.82) is 0 Å². The molecule has 1 saturated heterocycles. The van der Waals surface area contributed by atoms with Gasteiger partial charge in [0.05, 0.1) is 19.3 Å². The fourth-order valence-electron chi connectivity index (χ4n) is 3.72. The van der Waals surface area contributed by atoms with Gasteiger partial charge in [0.25, 0.3) is 0 Å². The quantitative estimate of drug-likeness (QED) is 0.398. The van der Waals surface area contributed by atoms with E-state index < -0.39 is 5.97 Å². The lowest BCUT2D eigenvalue weighted by atomic mass is 10.1. The maximum absolute atomic E-state index is 12.7. The van der Waals surface area contributed by atoms with E-state index in [0.29, 0.717) is 28.4 Å². The van der Waals surface area contributed by atoms with Gasteiger partial charge >= 0.3 is 5.97 Å². The number of anilines is 3. The van der Waals surface area contributed by atoms with Gasteiger partial charge in [-0.15, -0.1) is 10.2 Å². The number of esters is 1. The molecule has 3 aromatic rings. The van der Waals surface area contributed by atoms with Crippen molar-refractivity contribution in [3.63, 3.8) is 0 Å². The van der Waals surface area contributed by atoms with Gasteiger partial charge in [-0.2, -0.15) is 0 Å². The molecule has 0 bridgehead atoms. The summed E-state index contributed by atoms with van der Waals surface area (Å²) in [5.74, 6) is 0.180. The Hall–Kier alpha value is -2.75. The van der Waals surface area contributed by atoms with Crippen LogP contribution >= 0.6 is 22.9 Å². The van der Waals surface area contributed by atoms with E-state index in [4.69, 9.17) is 21.1 Å². The highest BCUT2D eigenvalue weighted by atomic mass is 35.5. The Labute approximate surface area is 208 Å². The number of aryl methyl sites for hydroxylation is 1. The first-order chi connectivity index (χ1) is 16.5. The number of piperidine rings is 1. The second kappa shape index (κ2) is 11.1. The summed E-state index contributed by atoms with van der Waals surface area (Å²) in [6.45, 7) is 6.11. The maximum Gasteiger partial charge on any atom is 0.360 e. The van der Waals surface area contributed by atoms with Gasteiger partial charge < -0.3 is 19.3 Å². The Morgan fingerprint density at radius 1 is 1.24 bits per heavy atom. The summed E-state index contributed by atoms with van der Waals surface area (Å²) >= 11 is 7.47. The molecule has 0 aliphatic carbocycles. The SMILES string of the molecule is CCOC(=O)c1nc(N(C)c2cc(C)c(Cl)nn2)sc1N1CCC(OCc2ccccc2)CC1. The number of thiazole rings is 1. The van der Waals surface area contributed by atoms with Crippen molar-refractivity contribution in [3.8, 4) is 0 Å². The molecule has 34 heavy (non-hydrogen) atoms. The summed E-state index contributed by atoms with van der Waals surface area (Å²) in [6.07, 6.45) is 1.94. The summed E-state index contributed by atoms with van der Waals surface area (Å²) in [5.41, 5.74) is 2.32. The molecule has 2 aromatic heterocycles. The lowest BCUT2D eigenvalue weighted by Gasteiger charge is -2.32. The summed E-state index contributed by atoms with van der Waals surface area (Å²) in [4.78, 5) is 21.3. The third-order valence-corrected chi connectivity index (χ3v) is 7.23. The molecule has 1 aliphatic rings. The summed E-state index contributed by atoms with van der Waals surface area (Å²) in [6, 6.07) is 12.0. The smallest absolute Gasteiger partial charge is 0.360 e. The number of nitrogens with zero attached hydrogens (tertiary/aromatic N) is 5. The Kier molecular flexibility index (Phi) is 7.97. The predicted octanol–water partition coefficient (Wildman–Crippen LogP) is 5.03. The molecule has 1 aromatic carbocycles. The van der Waals surface area contributed by atoms with Gasteiger partial charge in [-0.25, -0.2) is 9.78 Å². The summed E-state index contributed by atoms with van der Waals surface area (Å²) < 4.78 is 11.4. The van der Waals surface area contributed by atoms with Crippen molar-refractivity contribution in [2.75, 3.05) is 36.5 Å². The fraction of sp³-hybridized carbons (Fsp3) is 0.417. The highest BCUT2D eigenvalue weighted by Crippen LogP contribution is 2.38. The van der Waals surface area contributed by atoms with Crippen LogP contribution in [0, 0.1) is 6.92 Å². The number of carbonyl (C=O) groups is 1. The number of benzene rings is 1. The first-order valence-corrected chi connectivity index (χ1v) is 12.5. The zero-order valence-electron chi connectivity index (χ0n) is 19.5. The van der Waals surface area contributed by atoms with Crippen molar-refractivity contribution in [3.05, 3.63) is 58.4 Å². The van der Waals surface area contributed by atoms with Crippen LogP contribution in [0.4, 0.5) is 16.0 Å². The van der Waals surface area contributed by atoms with E-state index in [2.05, 4.69) is 32.2 Å². The number of rotatable bonds is 8. The molecule has 3 heterocycles. The zero-order chi connectivity index (χ0) is 24.1. The van der Waals surface area contributed by atoms with Gasteiger partial charge in [-0.1, -0.05) is 53.3 Å². The van der Waals surface area contributed by atoms with Gasteiger partial charge in [-0.05, 0) is 43.9 Å². The normalized spacial score (nSPS) is 14.3. The van der Waals surface area contributed by atoms with Gasteiger partial charge in [0, 0.05) is 20.1 Å².